The van der Waals surface area contributed by atoms with Gasteiger partial charge < -0.3 is 5.73 Å². The summed E-state index contributed by atoms with van der Waals surface area (Å²) in [5, 5.41) is 18.4. The molecule has 0 saturated heterocycles. The van der Waals surface area contributed by atoms with Crippen molar-refractivity contribution in [2.75, 3.05) is 5.73 Å². The number of aryl methyl sites for hydroxylation is 1. The summed E-state index contributed by atoms with van der Waals surface area (Å²) in [7, 11) is 0. The van der Waals surface area contributed by atoms with E-state index in [0.717, 1.165) is 29.0 Å². The summed E-state index contributed by atoms with van der Waals surface area (Å²) >= 11 is 1.35. The van der Waals surface area contributed by atoms with Crippen LogP contribution in [0.3, 0.4) is 0 Å². The zero-order chi connectivity index (χ0) is 14.5. The summed E-state index contributed by atoms with van der Waals surface area (Å²) in [6, 6.07) is 4.06. The van der Waals surface area contributed by atoms with Crippen LogP contribution in [0.5, 0.6) is 0 Å². The number of hydrogen-bond donors (Lipinski definition) is 1. The van der Waals surface area contributed by atoms with Gasteiger partial charge >= 0.3 is 0 Å². The average Bonchev–Trinajstić information content (AvgIpc) is 2.48. The van der Waals surface area contributed by atoms with E-state index in [2.05, 4.69) is 21.3 Å². The van der Waals surface area contributed by atoms with Crippen LogP contribution < -0.4 is 5.73 Å². The predicted octanol–water partition coefficient (Wildman–Crippen LogP) is 2.60. The first-order chi connectivity index (χ1) is 9.71. The molecule has 2 aromatic heterocycles. The number of nitrogen functional groups attached to an aromatic ring is 1. The number of pyridine rings is 1. The maximum Gasteiger partial charge on any atom is 0.142 e. The normalized spacial score (nSPS) is 10.2. The van der Waals surface area contributed by atoms with Crippen LogP contribution in [0.4, 0.5) is 5.69 Å². The summed E-state index contributed by atoms with van der Waals surface area (Å²) in [5.74, 6) is 0. The van der Waals surface area contributed by atoms with Crippen molar-refractivity contribution in [3.63, 3.8) is 0 Å². The number of anilines is 1. The zero-order valence-corrected chi connectivity index (χ0v) is 12.2. The Morgan fingerprint density at radius 3 is 2.70 bits per heavy atom. The minimum Gasteiger partial charge on any atom is -0.397 e. The quantitative estimate of drug-likeness (QED) is 0.928. The van der Waals surface area contributed by atoms with E-state index in [4.69, 9.17) is 5.73 Å². The standard InChI is InChI=1S/C14H15N5S/c1-3-9-10(7-15)14(19-18-12(9)4-2)20-13-5-6-17-8-11(13)16/h5-6,8H,3-4,16H2,1-2H3. The number of nitriles is 1. The highest BCUT2D eigenvalue weighted by molar-refractivity contribution is 7.99. The summed E-state index contributed by atoms with van der Waals surface area (Å²) in [6.45, 7) is 4.03. The molecule has 0 saturated carbocycles. The van der Waals surface area contributed by atoms with Crippen molar-refractivity contribution >= 4 is 17.4 Å². The van der Waals surface area contributed by atoms with Crippen LogP contribution in [0.15, 0.2) is 28.4 Å². The molecular weight excluding hydrogens is 270 g/mol. The van der Waals surface area contributed by atoms with E-state index >= 15 is 0 Å². The molecule has 0 aromatic carbocycles. The molecule has 0 aliphatic rings. The predicted molar refractivity (Wildman–Crippen MR) is 78.3 cm³/mol. The lowest BCUT2D eigenvalue weighted by molar-refractivity contribution is 0.818. The van der Waals surface area contributed by atoms with E-state index in [1.54, 1.807) is 12.4 Å². The Morgan fingerprint density at radius 1 is 1.30 bits per heavy atom. The van der Waals surface area contributed by atoms with Gasteiger partial charge in [-0.05, 0) is 24.5 Å². The third-order valence-electron chi connectivity index (χ3n) is 2.94. The number of aromatic nitrogens is 3. The molecule has 0 atom stereocenters. The molecule has 6 heteroatoms. The molecule has 5 nitrogen and oxygen atoms in total. The fourth-order valence-corrected chi connectivity index (χ4v) is 2.79. The van der Waals surface area contributed by atoms with Crippen LogP contribution >= 0.6 is 11.8 Å². The van der Waals surface area contributed by atoms with E-state index in [1.807, 2.05) is 19.9 Å². The lowest BCUT2D eigenvalue weighted by Gasteiger charge is -2.10. The maximum atomic E-state index is 9.42. The van der Waals surface area contributed by atoms with Crippen molar-refractivity contribution in [3.05, 3.63) is 35.3 Å². The smallest absolute Gasteiger partial charge is 0.142 e. The van der Waals surface area contributed by atoms with E-state index in [9.17, 15) is 5.26 Å². The monoisotopic (exact) mass is 285 g/mol. The lowest BCUT2D eigenvalue weighted by Crippen LogP contribution is -2.04. The molecule has 0 aliphatic heterocycles. The molecule has 0 aliphatic carbocycles. The minimum absolute atomic E-state index is 0.570. The number of nitrogens with two attached hydrogens (primary N) is 1. The van der Waals surface area contributed by atoms with Crippen molar-refractivity contribution in [2.45, 2.75) is 36.6 Å². The second-order valence-electron chi connectivity index (χ2n) is 4.14. The van der Waals surface area contributed by atoms with E-state index < -0.39 is 0 Å². The van der Waals surface area contributed by atoms with Crippen molar-refractivity contribution in [1.82, 2.24) is 15.2 Å². The van der Waals surface area contributed by atoms with Crippen LogP contribution in [-0.2, 0) is 12.8 Å². The Balaban J connectivity index is 2.48. The van der Waals surface area contributed by atoms with Gasteiger partial charge in [-0.2, -0.15) is 10.4 Å². The summed E-state index contributed by atoms with van der Waals surface area (Å²) in [5.41, 5.74) is 8.90. The average molecular weight is 285 g/mol. The highest BCUT2D eigenvalue weighted by atomic mass is 32.2. The molecule has 0 radical (unpaired) electrons. The third-order valence-corrected chi connectivity index (χ3v) is 4.01. The van der Waals surface area contributed by atoms with Gasteiger partial charge in [0.05, 0.1) is 23.1 Å². The topological polar surface area (TPSA) is 88.5 Å². The van der Waals surface area contributed by atoms with Gasteiger partial charge in [0.15, 0.2) is 0 Å². The molecule has 20 heavy (non-hydrogen) atoms. The summed E-state index contributed by atoms with van der Waals surface area (Å²) < 4.78 is 0. The van der Waals surface area contributed by atoms with Crippen LogP contribution in [0, 0.1) is 11.3 Å². The molecule has 0 unspecified atom stereocenters. The Kier molecular flexibility index (Phi) is 4.53. The van der Waals surface area contributed by atoms with Crippen LogP contribution in [0.1, 0.15) is 30.7 Å². The second-order valence-corrected chi connectivity index (χ2v) is 5.17. The zero-order valence-electron chi connectivity index (χ0n) is 11.4. The second kappa shape index (κ2) is 6.35. The molecule has 2 rings (SSSR count). The Hall–Kier alpha value is -2.13. The summed E-state index contributed by atoms with van der Waals surface area (Å²) in [4.78, 5) is 4.78. The number of hydrogen-bond acceptors (Lipinski definition) is 6. The first kappa shape index (κ1) is 14.3. The molecule has 0 bridgehead atoms. The molecule has 2 aromatic rings. The van der Waals surface area contributed by atoms with E-state index in [1.165, 1.54) is 11.8 Å². The van der Waals surface area contributed by atoms with Crippen molar-refractivity contribution in [1.29, 1.82) is 5.26 Å². The minimum atomic E-state index is 0.570. The molecule has 0 amide bonds. The third kappa shape index (κ3) is 2.73. The van der Waals surface area contributed by atoms with Gasteiger partial charge in [0.2, 0.25) is 0 Å². The lowest BCUT2D eigenvalue weighted by atomic mass is 10.1. The Bertz CT molecular complexity index is 663. The summed E-state index contributed by atoms with van der Waals surface area (Å²) in [6.07, 6.45) is 4.79. The number of rotatable bonds is 4. The first-order valence-corrected chi connectivity index (χ1v) is 7.18. The molecular formula is C14H15N5S. The van der Waals surface area contributed by atoms with Gasteiger partial charge in [0, 0.05) is 11.1 Å². The van der Waals surface area contributed by atoms with E-state index in [-0.39, 0.29) is 0 Å². The van der Waals surface area contributed by atoms with Gasteiger partial charge in [-0.15, -0.1) is 5.10 Å². The van der Waals surface area contributed by atoms with Gasteiger partial charge in [0.25, 0.3) is 0 Å². The molecule has 0 fully saturated rings. The highest BCUT2D eigenvalue weighted by Crippen LogP contribution is 2.33. The van der Waals surface area contributed by atoms with Crippen molar-refractivity contribution in [2.24, 2.45) is 0 Å². The Morgan fingerprint density at radius 2 is 2.10 bits per heavy atom. The number of nitrogens with zero attached hydrogens (tertiary/aromatic N) is 4. The van der Waals surface area contributed by atoms with Crippen LogP contribution in [-0.4, -0.2) is 15.2 Å². The molecule has 2 N–H and O–H groups in total. The molecule has 102 valence electrons. The highest BCUT2D eigenvalue weighted by Gasteiger charge is 2.16. The fourth-order valence-electron chi connectivity index (χ4n) is 1.93. The van der Waals surface area contributed by atoms with Crippen molar-refractivity contribution < 1.29 is 0 Å². The first-order valence-electron chi connectivity index (χ1n) is 6.37. The van der Waals surface area contributed by atoms with Gasteiger partial charge in [-0.25, -0.2) is 0 Å². The maximum absolute atomic E-state index is 9.42. The van der Waals surface area contributed by atoms with Crippen LogP contribution in [0.2, 0.25) is 0 Å². The van der Waals surface area contributed by atoms with Crippen LogP contribution in [0.25, 0.3) is 0 Å². The van der Waals surface area contributed by atoms with E-state index in [0.29, 0.717) is 16.3 Å². The largest absolute Gasteiger partial charge is 0.397 e. The van der Waals surface area contributed by atoms with Gasteiger partial charge in [0.1, 0.15) is 11.1 Å². The SMILES string of the molecule is CCc1nnc(Sc2ccncc2N)c(C#N)c1CC. The van der Waals surface area contributed by atoms with Gasteiger partial charge in [-0.1, -0.05) is 25.6 Å². The molecule has 2 heterocycles. The fraction of sp³-hybridized carbons (Fsp3) is 0.286. The van der Waals surface area contributed by atoms with Crippen molar-refractivity contribution in [3.8, 4) is 6.07 Å². The molecule has 0 spiro atoms. The van der Waals surface area contributed by atoms with Gasteiger partial charge in [-0.3, -0.25) is 4.98 Å². The Labute approximate surface area is 122 Å².